The topological polar surface area (TPSA) is 75.2 Å². The Hall–Kier alpha value is -3.13. The molecule has 0 saturated carbocycles. The van der Waals surface area contributed by atoms with Crippen LogP contribution in [0.25, 0.3) is 11.3 Å². The van der Waals surface area contributed by atoms with Crippen LogP contribution in [-0.2, 0) is 4.79 Å². The summed E-state index contributed by atoms with van der Waals surface area (Å²) >= 11 is 1.36. The van der Waals surface area contributed by atoms with E-state index < -0.39 is 0 Å². The maximum absolute atomic E-state index is 13.1. The highest BCUT2D eigenvalue weighted by Gasteiger charge is 2.29. The number of carbonyl (C=O) groups excluding carboxylic acids is 2. The third-order valence-electron chi connectivity index (χ3n) is 4.86. The van der Waals surface area contributed by atoms with Gasteiger partial charge in [0.05, 0.1) is 11.6 Å². The summed E-state index contributed by atoms with van der Waals surface area (Å²) in [6, 6.07) is 9.22. The average Bonchev–Trinajstić information content (AvgIpc) is 3.23. The SMILES string of the molecule is O=C(Nc1nc(-c2cccnc2)cs1)C1CCCN(C(=O)c2ccc(F)cc2)C1. The molecule has 2 amide bonds. The molecular weight excluding hydrogens is 391 g/mol. The summed E-state index contributed by atoms with van der Waals surface area (Å²) in [4.78, 5) is 35.6. The number of carbonyl (C=O) groups is 2. The highest BCUT2D eigenvalue weighted by molar-refractivity contribution is 7.14. The molecule has 29 heavy (non-hydrogen) atoms. The second kappa shape index (κ2) is 8.48. The molecule has 0 radical (unpaired) electrons. The summed E-state index contributed by atoms with van der Waals surface area (Å²) in [5, 5.41) is 5.27. The van der Waals surface area contributed by atoms with Gasteiger partial charge < -0.3 is 10.2 Å². The minimum atomic E-state index is -0.383. The molecule has 2 aromatic heterocycles. The number of anilines is 1. The lowest BCUT2D eigenvalue weighted by molar-refractivity contribution is -0.121. The van der Waals surface area contributed by atoms with Crippen molar-refractivity contribution < 1.29 is 14.0 Å². The van der Waals surface area contributed by atoms with Crippen molar-refractivity contribution in [3.8, 4) is 11.3 Å². The highest BCUT2D eigenvalue weighted by atomic mass is 32.1. The summed E-state index contributed by atoms with van der Waals surface area (Å²) in [6.45, 7) is 0.922. The summed E-state index contributed by atoms with van der Waals surface area (Å²) in [7, 11) is 0. The van der Waals surface area contributed by atoms with E-state index in [9.17, 15) is 14.0 Å². The number of halogens is 1. The quantitative estimate of drug-likeness (QED) is 0.709. The molecule has 1 N–H and O–H groups in total. The molecular formula is C21H19FN4O2S. The lowest BCUT2D eigenvalue weighted by atomic mass is 9.96. The largest absolute Gasteiger partial charge is 0.338 e. The number of aromatic nitrogens is 2. The Kier molecular flexibility index (Phi) is 5.62. The Labute approximate surface area is 171 Å². The van der Waals surface area contributed by atoms with Crippen LogP contribution in [0, 0.1) is 11.7 Å². The highest BCUT2D eigenvalue weighted by Crippen LogP contribution is 2.26. The van der Waals surface area contributed by atoms with E-state index in [1.807, 2.05) is 17.5 Å². The normalized spacial score (nSPS) is 16.4. The number of amides is 2. The summed E-state index contributed by atoms with van der Waals surface area (Å²) < 4.78 is 13.1. The van der Waals surface area contributed by atoms with Crippen LogP contribution in [0.5, 0.6) is 0 Å². The standard InChI is InChI=1S/C21H19FN4O2S/c22-17-7-5-14(6-8-17)20(28)26-10-2-4-16(12-26)19(27)25-21-24-18(13-29-21)15-3-1-9-23-11-15/h1,3,5-9,11,13,16H,2,4,10,12H2,(H,24,25,27). The van der Waals surface area contributed by atoms with Crippen molar-refractivity contribution >= 4 is 28.3 Å². The van der Waals surface area contributed by atoms with Gasteiger partial charge in [0, 0.05) is 42.0 Å². The molecule has 0 aliphatic carbocycles. The molecule has 148 valence electrons. The predicted molar refractivity (Wildman–Crippen MR) is 109 cm³/mol. The smallest absolute Gasteiger partial charge is 0.253 e. The second-order valence-electron chi connectivity index (χ2n) is 6.87. The van der Waals surface area contributed by atoms with E-state index in [1.54, 1.807) is 17.3 Å². The zero-order valence-corrected chi connectivity index (χ0v) is 16.4. The van der Waals surface area contributed by atoms with Gasteiger partial charge in [-0.15, -0.1) is 11.3 Å². The fraction of sp³-hybridized carbons (Fsp3) is 0.238. The maximum Gasteiger partial charge on any atom is 0.253 e. The number of likely N-dealkylation sites (tertiary alicyclic amines) is 1. The monoisotopic (exact) mass is 410 g/mol. The van der Waals surface area contributed by atoms with Crippen molar-refractivity contribution in [1.82, 2.24) is 14.9 Å². The van der Waals surface area contributed by atoms with Gasteiger partial charge in [-0.2, -0.15) is 0 Å². The second-order valence-corrected chi connectivity index (χ2v) is 7.72. The molecule has 1 aliphatic rings. The summed E-state index contributed by atoms with van der Waals surface area (Å²) in [6.07, 6.45) is 4.87. The van der Waals surface area contributed by atoms with Crippen LogP contribution in [0.4, 0.5) is 9.52 Å². The number of hydrogen-bond acceptors (Lipinski definition) is 5. The van der Waals surface area contributed by atoms with Gasteiger partial charge in [-0.3, -0.25) is 14.6 Å². The molecule has 1 fully saturated rings. The van der Waals surface area contributed by atoms with Gasteiger partial charge in [0.1, 0.15) is 5.82 Å². The first kappa shape index (κ1) is 19.2. The third kappa shape index (κ3) is 4.48. The Morgan fingerprint density at radius 3 is 2.79 bits per heavy atom. The molecule has 1 saturated heterocycles. The number of piperidine rings is 1. The van der Waals surface area contributed by atoms with Gasteiger partial charge in [-0.1, -0.05) is 0 Å². The number of benzene rings is 1. The van der Waals surface area contributed by atoms with Gasteiger partial charge in [-0.05, 0) is 49.2 Å². The van der Waals surface area contributed by atoms with Gasteiger partial charge >= 0.3 is 0 Å². The molecule has 0 bridgehead atoms. The lowest BCUT2D eigenvalue weighted by Gasteiger charge is -2.32. The molecule has 3 heterocycles. The Bertz CT molecular complexity index is 1010. The Morgan fingerprint density at radius 1 is 1.21 bits per heavy atom. The van der Waals surface area contributed by atoms with E-state index in [0.717, 1.165) is 17.7 Å². The third-order valence-corrected chi connectivity index (χ3v) is 5.62. The van der Waals surface area contributed by atoms with Crippen LogP contribution in [0.2, 0.25) is 0 Å². The summed E-state index contributed by atoms with van der Waals surface area (Å²) in [5.74, 6) is -1.02. The molecule has 6 nitrogen and oxygen atoms in total. The average molecular weight is 410 g/mol. The predicted octanol–water partition coefficient (Wildman–Crippen LogP) is 3.84. The van der Waals surface area contributed by atoms with Crippen molar-refractivity contribution in [3.63, 3.8) is 0 Å². The van der Waals surface area contributed by atoms with Crippen LogP contribution >= 0.6 is 11.3 Å². The van der Waals surface area contributed by atoms with E-state index in [2.05, 4.69) is 15.3 Å². The molecule has 1 atom stereocenters. The van der Waals surface area contributed by atoms with E-state index in [4.69, 9.17) is 0 Å². The van der Waals surface area contributed by atoms with E-state index in [-0.39, 0.29) is 23.5 Å². The van der Waals surface area contributed by atoms with Gasteiger partial charge in [0.2, 0.25) is 5.91 Å². The van der Waals surface area contributed by atoms with Crippen molar-refractivity contribution in [2.75, 3.05) is 18.4 Å². The van der Waals surface area contributed by atoms with Gasteiger partial charge in [0.25, 0.3) is 5.91 Å². The van der Waals surface area contributed by atoms with Crippen LogP contribution in [0.15, 0.2) is 54.2 Å². The fourth-order valence-electron chi connectivity index (χ4n) is 3.34. The van der Waals surface area contributed by atoms with E-state index >= 15 is 0 Å². The minimum Gasteiger partial charge on any atom is -0.338 e. The zero-order chi connectivity index (χ0) is 20.2. The van der Waals surface area contributed by atoms with Crippen molar-refractivity contribution in [2.24, 2.45) is 5.92 Å². The molecule has 1 aromatic carbocycles. The first-order chi connectivity index (χ1) is 14.1. The molecule has 4 rings (SSSR count). The molecule has 8 heteroatoms. The lowest BCUT2D eigenvalue weighted by Crippen LogP contribution is -2.43. The molecule has 0 spiro atoms. The fourth-order valence-corrected chi connectivity index (χ4v) is 4.06. The minimum absolute atomic E-state index is 0.145. The number of pyridine rings is 1. The number of rotatable bonds is 4. The first-order valence-corrected chi connectivity index (χ1v) is 10.2. The van der Waals surface area contributed by atoms with Crippen LogP contribution in [0.3, 0.4) is 0 Å². The summed E-state index contributed by atoms with van der Waals surface area (Å²) in [5.41, 5.74) is 2.07. The maximum atomic E-state index is 13.1. The first-order valence-electron chi connectivity index (χ1n) is 9.32. The van der Waals surface area contributed by atoms with Crippen molar-refractivity contribution in [3.05, 3.63) is 65.6 Å². The number of nitrogens with one attached hydrogen (secondary N) is 1. The number of hydrogen-bond donors (Lipinski definition) is 1. The van der Waals surface area contributed by atoms with Crippen LogP contribution in [0.1, 0.15) is 23.2 Å². The van der Waals surface area contributed by atoms with Gasteiger partial charge in [-0.25, -0.2) is 9.37 Å². The van der Waals surface area contributed by atoms with Crippen molar-refractivity contribution in [2.45, 2.75) is 12.8 Å². The molecule has 1 aliphatic heterocycles. The van der Waals surface area contributed by atoms with Crippen LogP contribution in [-0.4, -0.2) is 39.8 Å². The Balaban J connectivity index is 1.39. The zero-order valence-electron chi connectivity index (χ0n) is 15.5. The van der Waals surface area contributed by atoms with Gasteiger partial charge in [0.15, 0.2) is 5.13 Å². The molecule has 3 aromatic rings. The molecule has 1 unspecified atom stereocenters. The van der Waals surface area contributed by atoms with E-state index in [1.165, 1.54) is 35.6 Å². The van der Waals surface area contributed by atoms with Crippen molar-refractivity contribution in [1.29, 1.82) is 0 Å². The van der Waals surface area contributed by atoms with Crippen LogP contribution < -0.4 is 5.32 Å². The number of nitrogens with zero attached hydrogens (tertiary/aromatic N) is 3. The van der Waals surface area contributed by atoms with E-state index in [0.29, 0.717) is 30.2 Å². The Morgan fingerprint density at radius 2 is 2.03 bits per heavy atom. The number of thiazole rings is 1.